The molecule has 1 saturated heterocycles. The van der Waals surface area contributed by atoms with Gasteiger partial charge in [-0.25, -0.2) is 9.18 Å². The first kappa shape index (κ1) is 18.0. The molecular formula is C17H24ClFN2O2. The van der Waals surface area contributed by atoms with E-state index in [0.29, 0.717) is 25.7 Å². The van der Waals surface area contributed by atoms with E-state index in [1.165, 1.54) is 6.07 Å². The van der Waals surface area contributed by atoms with Crippen LogP contribution in [-0.2, 0) is 11.3 Å². The first-order chi connectivity index (χ1) is 10.7. The van der Waals surface area contributed by atoms with Crippen LogP contribution in [0.15, 0.2) is 18.2 Å². The Bertz CT molecular complexity index is 552. The average Bonchev–Trinajstić information content (AvgIpc) is 2.47. The highest BCUT2D eigenvalue weighted by Crippen LogP contribution is 2.18. The second-order valence-electron chi connectivity index (χ2n) is 6.87. The van der Waals surface area contributed by atoms with E-state index in [0.717, 1.165) is 18.4 Å². The van der Waals surface area contributed by atoms with Gasteiger partial charge < -0.3 is 15.0 Å². The van der Waals surface area contributed by atoms with Gasteiger partial charge in [-0.3, -0.25) is 0 Å². The van der Waals surface area contributed by atoms with E-state index in [2.05, 4.69) is 5.32 Å². The van der Waals surface area contributed by atoms with Crippen LogP contribution in [-0.4, -0.2) is 35.7 Å². The van der Waals surface area contributed by atoms with Crippen molar-refractivity contribution >= 4 is 17.7 Å². The standard InChI is InChI=1S/C17H24ClFN2O2/c1-17(2,3)23-16(22)21-8-6-13(7-9-21)20-11-12-4-5-15(19)14(18)10-12/h4-5,10,13,20H,6-9,11H2,1-3H3. The summed E-state index contributed by atoms with van der Waals surface area (Å²) in [5.41, 5.74) is 0.486. The van der Waals surface area contributed by atoms with E-state index in [1.54, 1.807) is 17.0 Å². The van der Waals surface area contributed by atoms with Crippen molar-refractivity contribution in [3.8, 4) is 0 Å². The van der Waals surface area contributed by atoms with Gasteiger partial charge in [-0.05, 0) is 51.3 Å². The molecule has 2 rings (SSSR count). The summed E-state index contributed by atoms with van der Waals surface area (Å²) < 4.78 is 18.5. The lowest BCUT2D eigenvalue weighted by Gasteiger charge is -2.33. The van der Waals surface area contributed by atoms with Crippen molar-refractivity contribution in [3.63, 3.8) is 0 Å². The number of benzene rings is 1. The largest absolute Gasteiger partial charge is 0.444 e. The number of carbonyl (C=O) groups excluding carboxylic acids is 1. The van der Waals surface area contributed by atoms with Crippen molar-refractivity contribution in [1.82, 2.24) is 10.2 Å². The van der Waals surface area contributed by atoms with Gasteiger partial charge in [-0.1, -0.05) is 17.7 Å². The average molecular weight is 343 g/mol. The zero-order valence-corrected chi connectivity index (χ0v) is 14.6. The molecule has 0 aliphatic carbocycles. The highest BCUT2D eigenvalue weighted by Gasteiger charge is 2.26. The molecule has 0 atom stereocenters. The van der Waals surface area contributed by atoms with Crippen LogP contribution in [0.5, 0.6) is 0 Å². The first-order valence-electron chi connectivity index (χ1n) is 7.90. The van der Waals surface area contributed by atoms with Crippen molar-refractivity contribution in [2.75, 3.05) is 13.1 Å². The van der Waals surface area contributed by atoms with Crippen molar-refractivity contribution in [2.45, 2.75) is 51.8 Å². The summed E-state index contributed by atoms with van der Waals surface area (Å²) in [6, 6.07) is 5.08. The Morgan fingerprint density at radius 1 is 1.39 bits per heavy atom. The predicted molar refractivity (Wildman–Crippen MR) is 89.1 cm³/mol. The molecule has 1 heterocycles. The summed E-state index contributed by atoms with van der Waals surface area (Å²) in [6.45, 7) is 7.59. The van der Waals surface area contributed by atoms with Crippen LogP contribution in [0.1, 0.15) is 39.2 Å². The van der Waals surface area contributed by atoms with Crippen LogP contribution in [0.2, 0.25) is 5.02 Å². The minimum atomic E-state index is -0.464. The fourth-order valence-corrected chi connectivity index (χ4v) is 2.71. The third-order valence-corrected chi connectivity index (χ3v) is 4.02. The predicted octanol–water partition coefficient (Wildman–Crippen LogP) is 3.97. The van der Waals surface area contributed by atoms with E-state index in [9.17, 15) is 9.18 Å². The Labute approximate surface area is 141 Å². The molecule has 1 aromatic carbocycles. The Morgan fingerprint density at radius 3 is 2.61 bits per heavy atom. The fraction of sp³-hybridized carbons (Fsp3) is 0.588. The summed E-state index contributed by atoms with van der Waals surface area (Å²) in [4.78, 5) is 13.8. The molecule has 1 aliphatic heterocycles. The second-order valence-corrected chi connectivity index (χ2v) is 7.28. The third-order valence-electron chi connectivity index (χ3n) is 3.73. The molecule has 0 radical (unpaired) electrons. The number of halogens is 2. The normalized spacial score (nSPS) is 16.5. The summed E-state index contributed by atoms with van der Waals surface area (Å²) in [7, 11) is 0. The number of nitrogens with zero attached hydrogens (tertiary/aromatic N) is 1. The van der Waals surface area contributed by atoms with Crippen LogP contribution in [0.3, 0.4) is 0 Å². The zero-order chi connectivity index (χ0) is 17.0. The van der Waals surface area contributed by atoms with Gasteiger partial charge in [0.25, 0.3) is 0 Å². The summed E-state index contributed by atoms with van der Waals surface area (Å²) in [5, 5.41) is 3.58. The van der Waals surface area contributed by atoms with Crippen LogP contribution in [0, 0.1) is 5.82 Å². The Kier molecular flexibility index (Phi) is 5.87. The number of carbonyl (C=O) groups is 1. The maximum atomic E-state index is 13.1. The summed E-state index contributed by atoms with van der Waals surface area (Å²) >= 11 is 5.78. The Hall–Kier alpha value is -1.33. The topological polar surface area (TPSA) is 41.6 Å². The first-order valence-corrected chi connectivity index (χ1v) is 8.27. The van der Waals surface area contributed by atoms with Gasteiger partial charge in [0.2, 0.25) is 0 Å². The number of ether oxygens (including phenoxy) is 1. The van der Waals surface area contributed by atoms with Crippen LogP contribution < -0.4 is 5.32 Å². The van der Waals surface area contributed by atoms with E-state index in [4.69, 9.17) is 16.3 Å². The molecular weight excluding hydrogens is 319 g/mol. The highest BCUT2D eigenvalue weighted by atomic mass is 35.5. The molecule has 0 spiro atoms. The monoisotopic (exact) mass is 342 g/mol. The van der Waals surface area contributed by atoms with Gasteiger partial charge in [-0.2, -0.15) is 0 Å². The van der Waals surface area contributed by atoms with Crippen LogP contribution in [0.4, 0.5) is 9.18 Å². The Morgan fingerprint density at radius 2 is 2.04 bits per heavy atom. The SMILES string of the molecule is CC(C)(C)OC(=O)N1CCC(NCc2ccc(F)c(Cl)c2)CC1. The molecule has 1 N–H and O–H groups in total. The summed E-state index contributed by atoms with van der Waals surface area (Å²) in [6.07, 6.45) is 1.49. The van der Waals surface area contributed by atoms with Crippen LogP contribution >= 0.6 is 11.6 Å². The number of hydrogen-bond donors (Lipinski definition) is 1. The minimum Gasteiger partial charge on any atom is -0.444 e. The number of hydrogen-bond acceptors (Lipinski definition) is 3. The molecule has 0 saturated carbocycles. The number of likely N-dealkylation sites (tertiary alicyclic amines) is 1. The van der Waals surface area contributed by atoms with E-state index < -0.39 is 11.4 Å². The van der Waals surface area contributed by atoms with Gasteiger partial charge in [0, 0.05) is 25.7 Å². The van der Waals surface area contributed by atoms with Crippen LogP contribution in [0.25, 0.3) is 0 Å². The van der Waals surface area contributed by atoms with Crippen molar-refractivity contribution in [2.24, 2.45) is 0 Å². The molecule has 6 heteroatoms. The molecule has 0 bridgehead atoms. The molecule has 4 nitrogen and oxygen atoms in total. The summed E-state index contributed by atoms with van der Waals surface area (Å²) in [5.74, 6) is -0.402. The number of piperidine rings is 1. The molecule has 23 heavy (non-hydrogen) atoms. The van der Waals surface area contributed by atoms with Crippen molar-refractivity contribution in [3.05, 3.63) is 34.6 Å². The van der Waals surface area contributed by atoms with Gasteiger partial charge in [0.1, 0.15) is 11.4 Å². The molecule has 1 aromatic rings. The smallest absolute Gasteiger partial charge is 0.410 e. The van der Waals surface area contributed by atoms with E-state index in [-0.39, 0.29) is 11.1 Å². The van der Waals surface area contributed by atoms with E-state index in [1.807, 2.05) is 20.8 Å². The fourth-order valence-electron chi connectivity index (χ4n) is 2.50. The maximum Gasteiger partial charge on any atom is 0.410 e. The maximum absolute atomic E-state index is 13.1. The Balaban J connectivity index is 1.76. The van der Waals surface area contributed by atoms with Crippen molar-refractivity contribution < 1.29 is 13.9 Å². The highest BCUT2D eigenvalue weighted by molar-refractivity contribution is 6.30. The number of nitrogens with one attached hydrogen (secondary N) is 1. The third kappa shape index (κ3) is 5.66. The van der Waals surface area contributed by atoms with E-state index >= 15 is 0 Å². The molecule has 1 fully saturated rings. The lowest BCUT2D eigenvalue weighted by atomic mass is 10.0. The quantitative estimate of drug-likeness (QED) is 0.903. The van der Waals surface area contributed by atoms with Gasteiger partial charge >= 0.3 is 6.09 Å². The lowest BCUT2D eigenvalue weighted by molar-refractivity contribution is 0.0198. The molecule has 0 aromatic heterocycles. The van der Waals surface area contributed by atoms with Crippen molar-refractivity contribution in [1.29, 1.82) is 0 Å². The second kappa shape index (κ2) is 7.49. The lowest BCUT2D eigenvalue weighted by Crippen LogP contribution is -2.46. The number of amides is 1. The number of rotatable bonds is 3. The van der Waals surface area contributed by atoms with Gasteiger partial charge in [0.05, 0.1) is 5.02 Å². The zero-order valence-electron chi connectivity index (χ0n) is 13.9. The molecule has 128 valence electrons. The molecule has 0 unspecified atom stereocenters. The molecule has 1 aliphatic rings. The molecule has 1 amide bonds. The van der Waals surface area contributed by atoms with Gasteiger partial charge in [-0.15, -0.1) is 0 Å². The van der Waals surface area contributed by atoms with Gasteiger partial charge in [0.15, 0.2) is 0 Å². The minimum absolute atomic E-state index is 0.143.